The van der Waals surface area contributed by atoms with E-state index >= 15 is 0 Å². The third-order valence-electron chi connectivity index (χ3n) is 2.51. The van der Waals surface area contributed by atoms with Gasteiger partial charge in [0.05, 0.1) is 7.11 Å². The lowest BCUT2D eigenvalue weighted by atomic mass is 10.1. The lowest BCUT2D eigenvalue weighted by molar-refractivity contribution is -0.671. The van der Waals surface area contributed by atoms with E-state index in [2.05, 4.69) is 63.6 Å². The topological polar surface area (TPSA) is 67.5 Å². The summed E-state index contributed by atoms with van der Waals surface area (Å²) in [6.07, 6.45) is 5.18. The van der Waals surface area contributed by atoms with E-state index in [1.807, 2.05) is 7.05 Å². The van der Waals surface area contributed by atoms with Gasteiger partial charge < -0.3 is 0 Å². The summed E-state index contributed by atoms with van der Waals surface area (Å²) in [5.41, 5.74) is 2.72. The van der Waals surface area contributed by atoms with Crippen LogP contribution in [0.3, 0.4) is 0 Å². The van der Waals surface area contributed by atoms with Gasteiger partial charge in [0.15, 0.2) is 12.4 Å². The van der Waals surface area contributed by atoms with Crippen LogP contribution >= 0.6 is 0 Å². The molecule has 2 rings (SSSR count). The summed E-state index contributed by atoms with van der Waals surface area (Å²) in [7, 11) is -1.26. The molecule has 6 heteroatoms. The van der Waals surface area contributed by atoms with Crippen molar-refractivity contribution < 1.29 is 21.7 Å². The molecular formula is C14H18NO4S+. The second kappa shape index (κ2) is 7.74. The van der Waals surface area contributed by atoms with Gasteiger partial charge in [-0.05, 0) is 17.5 Å². The van der Waals surface area contributed by atoms with Crippen LogP contribution in [0, 0.1) is 0 Å². The van der Waals surface area contributed by atoms with Crippen LogP contribution in [0.25, 0.3) is 0 Å². The van der Waals surface area contributed by atoms with Crippen LogP contribution in [0.4, 0.5) is 0 Å². The van der Waals surface area contributed by atoms with Crippen LogP contribution in [-0.4, -0.2) is 20.1 Å². The summed E-state index contributed by atoms with van der Waals surface area (Å²) in [5.74, 6) is 0. The molecule has 0 spiro atoms. The molecule has 0 atom stereocenters. The molecule has 2 aromatic rings. The number of hydrogen-bond donors (Lipinski definition) is 1. The van der Waals surface area contributed by atoms with Crippen LogP contribution < -0.4 is 4.57 Å². The second-order valence-corrected chi connectivity index (χ2v) is 5.32. The van der Waals surface area contributed by atoms with Crippen LogP contribution in [0.15, 0.2) is 54.9 Å². The molecule has 5 nitrogen and oxygen atoms in total. The Kier molecular flexibility index (Phi) is 6.30. The molecule has 108 valence electrons. The van der Waals surface area contributed by atoms with E-state index in [1.165, 1.54) is 11.1 Å². The van der Waals surface area contributed by atoms with Gasteiger partial charge in [-0.1, -0.05) is 30.3 Å². The van der Waals surface area contributed by atoms with Gasteiger partial charge in [0, 0.05) is 12.1 Å². The van der Waals surface area contributed by atoms with Crippen molar-refractivity contribution in [1.82, 2.24) is 0 Å². The van der Waals surface area contributed by atoms with Gasteiger partial charge in [-0.2, -0.15) is 8.42 Å². The Labute approximate surface area is 119 Å². The molecule has 0 aliphatic carbocycles. The first-order valence-electron chi connectivity index (χ1n) is 5.92. The summed E-state index contributed by atoms with van der Waals surface area (Å²) in [5, 5.41) is 0. The molecule has 20 heavy (non-hydrogen) atoms. The smallest absolute Gasteiger partial charge is 0.264 e. The zero-order valence-corrected chi connectivity index (χ0v) is 12.2. The zero-order valence-electron chi connectivity index (χ0n) is 11.4. The Bertz CT molecular complexity index is 609. The van der Waals surface area contributed by atoms with E-state index in [1.54, 1.807) is 0 Å². The normalized spacial score (nSPS) is 10.6. The molecule has 0 bridgehead atoms. The van der Waals surface area contributed by atoms with Gasteiger partial charge in [0.25, 0.3) is 0 Å². The molecule has 1 heterocycles. The predicted octanol–water partition coefficient (Wildman–Crippen LogP) is 1.54. The van der Waals surface area contributed by atoms with Crippen LogP contribution in [0.1, 0.15) is 11.1 Å². The summed E-state index contributed by atoms with van der Waals surface area (Å²) in [4.78, 5) is 0. The standard InChI is InChI=1S/C13H14N.CH4O4S/c1-14-9-7-13(8-10-14)11-12-5-3-2-4-6-12;1-5-6(2,3)4/h2-10H,11H2,1H3;1H3,(H,2,3,4)/q+1;. The molecule has 0 aliphatic rings. The maximum atomic E-state index is 9.33. The average Bonchev–Trinajstić information content (AvgIpc) is 2.43. The monoisotopic (exact) mass is 296 g/mol. The number of benzene rings is 1. The van der Waals surface area contributed by atoms with Gasteiger partial charge in [-0.3, -0.25) is 8.74 Å². The minimum Gasteiger partial charge on any atom is -0.264 e. The molecule has 1 aromatic heterocycles. The first-order valence-corrected chi connectivity index (χ1v) is 7.28. The average molecular weight is 296 g/mol. The zero-order chi connectivity index (χ0) is 15.0. The highest BCUT2D eigenvalue weighted by Crippen LogP contribution is 2.06. The summed E-state index contributed by atoms with van der Waals surface area (Å²) >= 11 is 0. The van der Waals surface area contributed by atoms with Crippen molar-refractivity contribution in [3.05, 3.63) is 66.0 Å². The third-order valence-corrected chi connectivity index (χ3v) is 2.93. The number of hydrogen-bond acceptors (Lipinski definition) is 3. The van der Waals surface area contributed by atoms with Gasteiger partial charge in [0.1, 0.15) is 7.05 Å². The lowest BCUT2D eigenvalue weighted by Gasteiger charge is -1.99. The first-order chi connectivity index (χ1) is 9.40. The van der Waals surface area contributed by atoms with Gasteiger partial charge >= 0.3 is 10.4 Å². The second-order valence-electron chi connectivity index (χ2n) is 4.13. The molecule has 0 fully saturated rings. The minimum atomic E-state index is -4.16. The lowest BCUT2D eigenvalue weighted by Crippen LogP contribution is -2.25. The van der Waals surface area contributed by atoms with Crippen molar-refractivity contribution in [2.75, 3.05) is 7.11 Å². The van der Waals surface area contributed by atoms with Crippen LogP contribution in [0.2, 0.25) is 0 Å². The summed E-state index contributed by atoms with van der Waals surface area (Å²) < 4.78 is 31.8. The fourth-order valence-electron chi connectivity index (χ4n) is 1.48. The predicted molar refractivity (Wildman–Crippen MR) is 75.4 cm³/mol. The third kappa shape index (κ3) is 6.98. The Morgan fingerprint density at radius 1 is 1.05 bits per heavy atom. The molecule has 0 saturated carbocycles. The molecule has 0 saturated heterocycles. The number of pyridine rings is 1. The van der Waals surface area contributed by atoms with Crippen LogP contribution in [-0.2, 0) is 28.1 Å². The van der Waals surface area contributed by atoms with Gasteiger partial charge in [0.2, 0.25) is 0 Å². The van der Waals surface area contributed by atoms with E-state index in [0.717, 1.165) is 13.5 Å². The van der Waals surface area contributed by atoms with Crippen LogP contribution in [0.5, 0.6) is 0 Å². The first kappa shape index (κ1) is 16.3. The van der Waals surface area contributed by atoms with Crippen molar-refractivity contribution >= 4 is 10.4 Å². The number of nitrogens with zero attached hydrogens (tertiary/aromatic N) is 1. The fourth-order valence-corrected chi connectivity index (χ4v) is 1.48. The largest absolute Gasteiger partial charge is 0.397 e. The Morgan fingerprint density at radius 3 is 1.95 bits per heavy atom. The highest BCUT2D eigenvalue weighted by Gasteiger charge is 1.97. The molecule has 0 unspecified atom stereocenters. The SMILES string of the molecule is COS(=O)(=O)O.C[n+]1ccc(Cc2ccccc2)cc1. The van der Waals surface area contributed by atoms with E-state index in [0.29, 0.717) is 0 Å². The Balaban J connectivity index is 0.000000286. The molecule has 0 amide bonds. The highest BCUT2D eigenvalue weighted by atomic mass is 32.3. The maximum absolute atomic E-state index is 9.33. The van der Waals surface area contributed by atoms with Gasteiger partial charge in [-0.25, -0.2) is 4.57 Å². The van der Waals surface area contributed by atoms with Gasteiger partial charge in [-0.15, -0.1) is 0 Å². The Morgan fingerprint density at radius 2 is 1.50 bits per heavy atom. The van der Waals surface area contributed by atoms with E-state index in [4.69, 9.17) is 4.55 Å². The van der Waals surface area contributed by atoms with E-state index in [-0.39, 0.29) is 0 Å². The molecule has 1 N–H and O–H groups in total. The number of aromatic nitrogens is 1. The minimum absolute atomic E-state index is 0.870. The fraction of sp³-hybridized carbons (Fsp3) is 0.214. The molecule has 0 aliphatic heterocycles. The molecular weight excluding hydrogens is 278 g/mol. The maximum Gasteiger partial charge on any atom is 0.397 e. The number of rotatable bonds is 3. The number of aryl methyl sites for hydroxylation is 1. The molecule has 0 radical (unpaired) electrons. The molecule has 1 aromatic carbocycles. The highest BCUT2D eigenvalue weighted by molar-refractivity contribution is 7.80. The van der Waals surface area contributed by atoms with E-state index < -0.39 is 10.4 Å². The van der Waals surface area contributed by atoms with Crippen molar-refractivity contribution in [1.29, 1.82) is 0 Å². The quantitative estimate of drug-likeness (QED) is 0.689. The Hall–Kier alpha value is -1.76. The van der Waals surface area contributed by atoms with Crippen molar-refractivity contribution in [2.24, 2.45) is 7.05 Å². The summed E-state index contributed by atoms with van der Waals surface area (Å²) in [6.45, 7) is 0. The van der Waals surface area contributed by atoms with Crippen molar-refractivity contribution in [2.45, 2.75) is 6.42 Å². The summed E-state index contributed by atoms with van der Waals surface area (Å²) in [6, 6.07) is 14.9. The van der Waals surface area contributed by atoms with Crippen molar-refractivity contribution in [3.63, 3.8) is 0 Å². The van der Waals surface area contributed by atoms with E-state index in [9.17, 15) is 8.42 Å². The van der Waals surface area contributed by atoms with Crippen molar-refractivity contribution in [3.8, 4) is 0 Å².